The van der Waals surface area contributed by atoms with Crippen LogP contribution in [0.25, 0.3) is 11.1 Å². The molecule has 0 radical (unpaired) electrons. The molecule has 0 spiro atoms. The Bertz CT molecular complexity index is 2950. The monoisotopic (exact) mass is 970 g/mol. The number of ether oxygens (including phenoxy) is 6. The molecule has 0 amide bonds. The topological polar surface area (TPSA) is 478 Å². The summed E-state index contributed by atoms with van der Waals surface area (Å²) in [7, 11) is 0. The summed E-state index contributed by atoms with van der Waals surface area (Å²) in [5.41, 5.74) is -8.70. The van der Waals surface area contributed by atoms with Crippen LogP contribution >= 0.6 is 0 Å². The summed E-state index contributed by atoms with van der Waals surface area (Å²) in [6.45, 7) is -1.39. The number of aliphatic carboxylic acids is 2. The van der Waals surface area contributed by atoms with Gasteiger partial charge in [-0.25, -0.2) is 33.6 Å². The fraction of sp³-hybridized carbons (Fsp3) is 0.195. The summed E-state index contributed by atoms with van der Waals surface area (Å²) >= 11 is 0. The predicted octanol–water partition coefficient (Wildman–Crippen LogP) is -0.210. The minimum atomic E-state index is -2.71. The number of benzene rings is 4. The fourth-order valence-corrected chi connectivity index (χ4v) is 7.49. The van der Waals surface area contributed by atoms with Gasteiger partial charge in [0.2, 0.25) is 29.6 Å². The van der Waals surface area contributed by atoms with Crippen molar-refractivity contribution in [2.24, 2.45) is 0 Å². The third kappa shape index (κ3) is 8.11. The first kappa shape index (κ1) is 47.4. The predicted molar refractivity (Wildman–Crippen MR) is 209 cm³/mol. The standard InChI is InChI=1S/C41H30O28/c42-13-1-8(2-14(43)24(13)49)36(59)69-41-31(56)34-32(66-40(63)12(6-19(47)48)23-22-11(5-17(46)27(52)30(22)55)38(61)67-33(23)35(57)58)18(65-41)7-64-37(60)9-3-15(44)25(50)28(53)20(9)21-10(39(62)68-34)4-16(45)26(51)29(21)54/h1-6,18,23,31-34,41-46,49-56H,7H2,(H,47,48)(H,57,58)/b12-6-/t18-,23-,31-,32-,33+,34+,41+/m1/s1. The van der Waals surface area contributed by atoms with Crippen molar-refractivity contribution in [1.29, 1.82) is 0 Å². The van der Waals surface area contributed by atoms with Gasteiger partial charge in [-0.3, -0.25) is 0 Å². The van der Waals surface area contributed by atoms with E-state index in [1.165, 1.54) is 0 Å². The number of hydrogen-bond donors (Lipinski definition) is 15. The lowest BCUT2D eigenvalue weighted by molar-refractivity contribution is -0.287. The Morgan fingerprint density at radius 2 is 1.09 bits per heavy atom. The van der Waals surface area contributed by atoms with Crippen LogP contribution in [0.1, 0.15) is 52.9 Å². The SMILES string of the molecule is O=C(O)/C=C(\C(=O)O[C@H]1[C@H]2OC(=O)c3cc(O)c(O)c(O)c3-c3c(cc(O)c(O)c3O)C(=O)OC[C@H]1O[C@@H](OC(=O)c1cc(O)c(O)c(O)c1)[C@@H]2O)[C@@H]1c2c(cc(O)c(O)c2O)C(=O)O[C@@H]1C(=O)O. The van der Waals surface area contributed by atoms with Crippen LogP contribution in [0.3, 0.4) is 0 Å². The molecule has 4 aromatic carbocycles. The molecular formula is C41H30O28. The molecule has 362 valence electrons. The molecule has 7 atom stereocenters. The van der Waals surface area contributed by atoms with Crippen LogP contribution in [0.4, 0.5) is 0 Å². The van der Waals surface area contributed by atoms with Gasteiger partial charge < -0.3 is 105 Å². The summed E-state index contributed by atoms with van der Waals surface area (Å²) in [5.74, 6) is -31.5. The first-order chi connectivity index (χ1) is 32.3. The molecule has 69 heavy (non-hydrogen) atoms. The molecule has 3 heterocycles. The number of aliphatic hydroxyl groups excluding tert-OH is 1. The zero-order valence-corrected chi connectivity index (χ0v) is 33.7. The summed E-state index contributed by atoms with van der Waals surface area (Å²) in [5, 5.41) is 157. The molecular weight excluding hydrogens is 940 g/mol. The van der Waals surface area contributed by atoms with Gasteiger partial charge in [0.15, 0.2) is 70.1 Å². The number of phenolic OH excluding ortho intramolecular Hbond substituents is 12. The normalized spacial score (nSPS) is 22.1. The number of esters is 5. The second-order valence-corrected chi connectivity index (χ2v) is 14.8. The molecule has 0 aromatic heterocycles. The van der Waals surface area contributed by atoms with Crippen molar-refractivity contribution < 1.29 is 139 Å². The van der Waals surface area contributed by atoms with Crippen molar-refractivity contribution in [3.63, 3.8) is 0 Å². The van der Waals surface area contributed by atoms with Crippen LogP contribution in [0.5, 0.6) is 69.0 Å². The van der Waals surface area contributed by atoms with E-state index in [0.29, 0.717) is 30.3 Å². The third-order valence-electron chi connectivity index (χ3n) is 10.7. The highest BCUT2D eigenvalue weighted by molar-refractivity contribution is 6.09. The Balaban J connectivity index is 1.41. The molecule has 0 aliphatic carbocycles. The van der Waals surface area contributed by atoms with Crippen molar-refractivity contribution in [2.75, 3.05) is 6.61 Å². The number of carboxylic acids is 2. The van der Waals surface area contributed by atoms with E-state index >= 15 is 0 Å². The Kier molecular flexibility index (Phi) is 11.9. The molecule has 1 fully saturated rings. The summed E-state index contributed by atoms with van der Waals surface area (Å²) in [6, 6.07) is 2.27. The van der Waals surface area contributed by atoms with Gasteiger partial charge >= 0.3 is 41.8 Å². The molecule has 0 saturated carbocycles. The lowest BCUT2D eigenvalue weighted by atomic mass is 9.80. The summed E-state index contributed by atoms with van der Waals surface area (Å²) in [6.07, 6.45) is -15.5. The highest BCUT2D eigenvalue weighted by Crippen LogP contribution is 2.54. The first-order valence-corrected chi connectivity index (χ1v) is 18.9. The summed E-state index contributed by atoms with van der Waals surface area (Å²) < 4.78 is 32.0. The van der Waals surface area contributed by atoms with Crippen LogP contribution in [0.15, 0.2) is 42.0 Å². The lowest BCUT2D eigenvalue weighted by Crippen LogP contribution is -2.62. The van der Waals surface area contributed by atoms with Crippen molar-refractivity contribution in [3.05, 3.63) is 69.8 Å². The molecule has 7 rings (SSSR count). The van der Waals surface area contributed by atoms with E-state index in [9.17, 15) is 110 Å². The highest BCUT2D eigenvalue weighted by Gasteiger charge is 2.54. The van der Waals surface area contributed by atoms with E-state index in [4.69, 9.17) is 28.4 Å². The number of hydrogen-bond acceptors (Lipinski definition) is 26. The van der Waals surface area contributed by atoms with E-state index in [-0.39, 0.29) is 6.08 Å². The Morgan fingerprint density at radius 1 is 0.594 bits per heavy atom. The number of fused-ring (bicyclic) bond motifs is 6. The molecule has 28 heteroatoms. The lowest BCUT2D eigenvalue weighted by Gasteiger charge is -2.43. The number of carbonyl (C=O) groups is 7. The van der Waals surface area contributed by atoms with Crippen LogP contribution in [-0.4, -0.2) is 162 Å². The quantitative estimate of drug-likeness (QED) is 0.0493. The van der Waals surface area contributed by atoms with Gasteiger partial charge in [-0.2, -0.15) is 0 Å². The Labute approximate surface area is 379 Å². The maximum absolute atomic E-state index is 14.5. The molecule has 0 unspecified atom stereocenters. The second-order valence-electron chi connectivity index (χ2n) is 14.8. The van der Waals surface area contributed by atoms with E-state index in [1.807, 2.05) is 0 Å². The van der Waals surface area contributed by atoms with Gasteiger partial charge in [0, 0.05) is 22.8 Å². The average molecular weight is 971 g/mol. The number of phenols is 12. The van der Waals surface area contributed by atoms with E-state index in [0.717, 1.165) is 0 Å². The molecule has 1 saturated heterocycles. The molecule has 3 aliphatic rings. The van der Waals surface area contributed by atoms with Crippen LogP contribution < -0.4 is 0 Å². The summed E-state index contributed by atoms with van der Waals surface area (Å²) in [4.78, 5) is 93.8. The van der Waals surface area contributed by atoms with Crippen molar-refractivity contribution in [1.82, 2.24) is 0 Å². The number of rotatable bonds is 7. The third-order valence-corrected chi connectivity index (χ3v) is 10.7. The van der Waals surface area contributed by atoms with Crippen LogP contribution in [0, 0.1) is 0 Å². The van der Waals surface area contributed by atoms with E-state index < -0.39 is 205 Å². The maximum atomic E-state index is 14.5. The molecule has 2 bridgehead atoms. The Hall–Kier alpha value is -9.57. The molecule has 4 aromatic rings. The smallest absolute Gasteiger partial charge is 0.346 e. The van der Waals surface area contributed by atoms with Gasteiger partial charge in [0.1, 0.15) is 12.7 Å². The number of carbonyl (C=O) groups excluding carboxylic acids is 5. The first-order valence-electron chi connectivity index (χ1n) is 18.9. The van der Waals surface area contributed by atoms with Gasteiger partial charge in [0.25, 0.3) is 0 Å². The maximum Gasteiger partial charge on any atom is 0.346 e. The van der Waals surface area contributed by atoms with Gasteiger partial charge in [-0.05, 0) is 30.3 Å². The Morgan fingerprint density at radius 3 is 1.62 bits per heavy atom. The number of cyclic esters (lactones) is 2. The van der Waals surface area contributed by atoms with Crippen LogP contribution in [-0.2, 0) is 42.8 Å². The van der Waals surface area contributed by atoms with Crippen molar-refractivity contribution in [3.8, 4) is 80.1 Å². The van der Waals surface area contributed by atoms with Gasteiger partial charge in [-0.1, -0.05) is 0 Å². The fourth-order valence-electron chi connectivity index (χ4n) is 7.49. The zero-order chi connectivity index (χ0) is 50.8. The average Bonchev–Trinajstić information content (AvgIpc) is 3.28. The second kappa shape index (κ2) is 17.3. The number of carboxylic acid groups (broad SMARTS) is 2. The van der Waals surface area contributed by atoms with Crippen molar-refractivity contribution >= 4 is 41.8 Å². The van der Waals surface area contributed by atoms with Crippen molar-refractivity contribution in [2.45, 2.75) is 42.7 Å². The zero-order valence-electron chi connectivity index (χ0n) is 33.7. The minimum Gasteiger partial charge on any atom is -0.504 e. The van der Waals surface area contributed by atoms with E-state index in [2.05, 4.69) is 0 Å². The largest absolute Gasteiger partial charge is 0.504 e. The molecule has 15 N–H and O–H groups in total. The van der Waals surface area contributed by atoms with Gasteiger partial charge in [-0.15, -0.1) is 0 Å². The van der Waals surface area contributed by atoms with Crippen LogP contribution in [0.2, 0.25) is 0 Å². The molecule has 28 nitrogen and oxygen atoms in total. The van der Waals surface area contributed by atoms with E-state index in [1.54, 1.807) is 0 Å². The highest BCUT2D eigenvalue weighted by atomic mass is 16.7. The molecule has 3 aliphatic heterocycles. The van der Waals surface area contributed by atoms with Gasteiger partial charge in [0.05, 0.1) is 33.7 Å². The minimum absolute atomic E-state index is 0.0453. The number of aliphatic hydroxyl groups is 1. The number of aromatic hydroxyl groups is 12.